The van der Waals surface area contributed by atoms with Crippen LogP contribution < -0.4 is 0 Å². The summed E-state index contributed by atoms with van der Waals surface area (Å²) in [5.74, 6) is -1.08. The molecule has 1 aliphatic heterocycles. The van der Waals surface area contributed by atoms with Gasteiger partial charge in [0.2, 0.25) is 0 Å². The average Bonchev–Trinajstić information content (AvgIpc) is 2.94. The molecule has 0 bridgehead atoms. The molecule has 2 rings (SSSR count). The van der Waals surface area contributed by atoms with Crippen molar-refractivity contribution in [3.8, 4) is 0 Å². The summed E-state index contributed by atoms with van der Waals surface area (Å²) in [5, 5.41) is 20.6. The summed E-state index contributed by atoms with van der Waals surface area (Å²) in [7, 11) is 1.62. The number of hydrogen-bond acceptors (Lipinski definition) is 4. The molecular formula is C12H15BrN2O4S. The molecule has 2 atom stereocenters. The van der Waals surface area contributed by atoms with Gasteiger partial charge in [-0.1, -0.05) is 0 Å². The Morgan fingerprint density at radius 3 is 2.85 bits per heavy atom. The second-order valence-corrected chi connectivity index (χ2v) is 7.08. The van der Waals surface area contributed by atoms with Gasteiger partial charge in [-0.2, -0.15) is 0 Å². The van der Waals surface area contributed by atoms with E-state index in [0.29, 0.717) is 6.54 Å². The maximum atomic E-state index is 12.3. The van der Waals surface area contributed by atoms with Gasteiger partial charge in [0.25, 0.3) is 0 Å². The first kappa shape index (κ1) is 15.3. The van der Waals surface area contributed by atoms with E-state index in [1.54, 1.807) is 7.05 Å². The lowest BCUT2D eigenvalue weighted by Gasteiger charge is -2.27. The number of carbonyl (C=O) groups excluding carboxylic acids is 1. The van der Waals surface area contributed by atoms with Gasteiger partial charge in [0, 0.05) is 26.6 Å². The highest BCUT2D eigenvalue weighted by atomic mass is 79.9. The van der Waals surface area contributed by atoms with Crippen molar-refractivity contribution in [3.63, 3.8) is 0 Å². The molecule has 0 aliphatic carbocycles. The van der Waals surface area contributed by atoms with Crippen molar-refractivity contribution in [1.29, 1.82) is 0 Å². The number of carboxylic acid groups (broad SMARTS) is 1. The van der Waals surface area contributed by atoms with E-state index in [2.05, 4.69) is 15.9 Å². The normalized spacial score (nSPS) is 22.1. The molecule has 1 aliphatic rings. The van der Waals surface area contributed by atoms with Crippen LogP contribution in [0.4, 0.5) is 4.79 Å². The van der Waals surface area contributed by atoms with Crippen LogP contribution in [-0.4, -0.2) is 57.8 Å². The highest BCUT2D eigenvalue weighted by molar-refractivity contribution is 9.11. The van der Waals surface area contributed by atoms with E-state index >= 15 is 0 Å². The van der Waals surface area contributed by atoms with Crippen molar-refractivity contribution >= 4 is 39.3 Å². The third-order valence-corrected chi connectivity index (χ3v) is 4.73. The summed E-state index contributed by atoms with van der Waals surface area (Å²) in [6, 6.07) is 0.590. The Morgan fingerprint density at radius 1 is 1.60 bits per heavy atom. The zero-order valence-electron chi connectivity index (χ0n) is 10.8. The van der Waals surface area contributed by atoms with E-state index in [-0.39, 0.29) is 19.0 Å². The molecule has 8 heteroatoms. The zero-order chi connectivity index (χ0) is 14.9. The highest BCUT2D eigenvalue weighted by Gasteiger charge is 2.40. The van der Waals surface area contributed by atoms with E-state index in [1.165, 1.54) is 21.1 Å². The molecule has 1 unspecified atom stereocenters. The number of carbonyl (C=O) groups is 2. The number of aliphatic carboxylic acids is 1. The van der Waals surface area contributed by atoms with Crippen LogP contribution in [0, 0.1) is 0 Å². The first-order valence-corrected chi connectivity index (χ1v) is 7.71. The third-order valence-electron chi connectivity index (χ3n) is 3.18. The van der Waals surface area contributed by atoms with Crippen LogP contribution in [-0.2, 0) is 11.3 Å². The van der Waals surface area contributed by atoms with Crippen molar-refractivity contribution in [3.05, 3.63) is 20.8 Å². The summed E-state index contributed by atoms with van der Waals surface area (Å²) >= 11 is 4.88. The molecule has 20 heavy (non-hydrogen) atoms. The molecule has 0 saturated carbocycles. The molecule has 2 N–H and O–H groups in total. The first-order chi connectivity index (χ1) is 9.38. The van der Waals surface area contributed by atoms with Crippen LogP contribution in [0.1, 0.15) is 12.0 Å². The number of thiophene rings is 1. The van der Waals surface area contributed by atoms with Gasteiger partial charge in [-0.15, -0.1) is 11.3 Å². The number of urea groups is 1. The molecule has 1 aromatic heterocycles. The van der Waals surface area contributed by atoms with E-state index in [9.17, 15) is 14.7 Å². The van der Waals surface area contributed by atoms with Crippen molar-refractivity contribution in [2.75, 3.05) is 13.6 Å². The predicted octanol–water partition coefficient (Wildman–Crippen LogP) is 1.58. The van der Waals surface area contributed by atoms with Crippen molar-refractivity contribution < 1.29 is 19.8 Å². The largest absolute Gasteiger partial charge is 0.480 e. The average molecular weight is 363 g/mol. The lowest BCUT2D eigenvalue weighted by atomic mass is 10.2. The number of carboxylic acids is 1. The number of rotatable bonds is 3. The van der Waals surface area contributed by atoms with Gasteiger partial charge in [0.05, 0.1) is 9.89 Å². The zero-order valence-corrected chi connectivity index (χ0v) is 13.2. The molecule has 1 saturated heterocycles. The number of aliphatic hydroxyl groups is 1. The fourth-order valence-electron chi connectivity index (χ4n) is 2.25. The molecule has 1 fully saturated rings. The van der Waals surface area contributed by atoms with Crippen LogP contribution in [0.15, 0.2) is 15.2 Å². The SMILES string of the molecule is CN(Cc1csc(Br)c1)C(=O)N1CC(O)C[C@H]1C(=O)O. The quantitative estimate of drug-likeness (QED) is 0.855. The van der Waals surface area contributed by atoms with Gasteiger partial charge in [-0.25, -0.2) is 9.59 Å². The van der Waals surface area contributed by atoms with E-state index in [1.807, 2.05) is 11.4 Å². The van der Waals surface area contributed by atoms with E-state index in [4.69, 9.17) is 5.11 Å². The molecule has 0 radical (unpaired) electrons. The highest BCUT2D eigenvalue weighted by Crippen LogP contribution is 2.23. The minimum atomic E-state index is -1.08. The molecule has 0 aromatic carbocycles. The summed E-state index contributed by atoms with van der Waals surface area (Å²) < 4.78 is 0.980. The van der Waals surface area contributed by atoms with Gasteiger partial charge < -0.3 is 20.0 Å². The van der Waals surface area contributed by atoms with Crippen LogP contribution in [0.25, 0.3) is 0 Å². The maximum Gasteiger partial charge on any atom is 0.326 e. The maximum absolute atomic E-state index is 12.3. The monoisotopic (exact) mass is 362 g/mol. The number of hydrogen-bond donors (Lipinski definition) is 2. The molecule has 0 spiro atoms. The molecule has 110 valence electrons. The Balaban J connectivity index is 2.04. The minimum Gasteiger partial charge on any atom is -0.480 e. The standard InChI is InChI=1S/C12H15BrN2O4S/c1-14(4-7-2-10(13)20-6-7)12(19)15-5-8(16)3-9(15)11(17)18/h2,6,8-9,16H,3-5H2,1H3,(H,17,18)/t8?,9-/m0/s1. The second kappa shape index (κ2) is 6.11. The fraction of sp³-hybridized carbons (Fsp3) is 0.500. The number of halogens is 1. The number of likely N-dealkylation sites (tertiary alicyclic amines) is 1. The van der Waals surface area contributed by atoms with Gasteiger partial charge >= 0.3 is 12.0 Å². The van der Waals surface area contributed by atoms with Crippen LogP contribution in [0.5, 0.6) is 0 Å². The Kier molecular flexibility index (Phi) is 4.66. The number of nitrogens with zero attached hydrogens (tertiary/aromatic N) is 2. The smallest absolute Gasteiger partial charge is 0.326 e. The third kappa shape index (κ3) is 3.31. The van der Waals surface area contributed by atoms with Crippen LogP contribution in [0.3, 0.4) is 0 Å². The van der Waals surface area contributed by atoms with Gasteiger partial charge in [-0.05, 0) is 32.9 Å². The molecule has 1 aromatic rings. The Bertz CT molecular complexity index is 521. The Labute approximate surface area is 128 Å². The van der Waals surface area contributed by atoms with Gasteiger partial charge in [0.15, 0.2) is 0 Å². The van der Waals surface area contributed by atoms with Crippen molar-refractivity contribution in [1.82, 2.24) is 9.80 Å². The second-order valence-electron chi connectivity index (χ2n) is 4.79. The lowest BCUT2D eigenvalue weighted by molar-refractivity contribution is -0.141. The molecule has 6 nitrogen and oxygen atoms in total. The topological polar surface area (TPSA) is 81.1 Å². The Morgan fingerprint density at radius 2 is 2.30 bits per heavy atom. The van der Waals surface area contributed by atoms with E-state index in [0.717, 1.165) is 9.35 Å². The Hall–Kier alpha value is -1.12. The first-order valence-electron chi connectivity index (χ1n) is 6.04. The van der Waals surface area contributed by atoms with Crippen LogP contribution >= 0.6 is 27.3 Å². The van der Waals surface area contributed by atoms with Gasteiger partial charge in [0.1, 0.15) is 6.04 Å². The van der Waals surface area contributed by atoms with E-state index < -0.39 is 18.1 Å². The van der Waals surface area contributed by atoms with Crippen molar-refractivity contribution in [2.24, 2.45) is 0 Å². The van der Waals surface area contributed by atoms with Crippen LogP contribution in [0.2, 0.25) is 0 Å². The lowest BCUT2D eigenvalue weighted by Crippen LogP contribution is -2.46. The summed E-state index contributed by atoms with van der Waals surface area (Å²) in [6.07, 6.45) is -0.692. The summed E-state index contributed by atoms with van der Waals surface area (Å²) in [4.78, 5) is 26.1. The molecular weight excluding hydrogens is 348 g/mol. The summed E-state index contributed by atoms with van der Waals surface area (Å²) in [5.41, 5.74) is 0.976. The number of aliphatic hydroxyl groups excluding tert-OH is 1. The van der Waals surface area contributed by atoms with Gasteiger partial charge in [-0.3, -0.25) is 0 Å². The molecule has 2 heterocycles. The number of β-amino-alcohol motifs (C(OH)–C–C–N with tert-alkyl or cyclic N) is 1. The van der Waals surface area contributed by atoms with Crippen molar-refractivity contribution in [2.45, 2.75) is 25.1 Å². The minimum absolute atomic E-state index is 0.0630. The molecule has 2 amide bonds. The summed E-state index contributed by atoms with van der Waals surface area (Å²) in [6.45, 7) is 0.466. The predicted molar refractivity (Wildman–Crippen MR) is 77.6 cm³/mol. The fourth-order valence-corrected chi connectivity index (χ4v) is 3.45. The number of amides is 2.